The van der Waals surface area contributed by atoms with Crippen LogP contribution < -0.4 is 5.32 Å². The Kier molecular flexibility index (Phi) is 4.32. The molecule has 8 heteroatoms. The lowest BCUT2D eigenvalue weighted by Crippen LogP contribution is -2.48. The average molecular weight is 453 g/mol. The standard InChI is InChI=1S/C18H18BrClF3NO2/c1-15(2)16(3)6-7-17(15,12(19)13(16)25)14(26)24-11-8-9(18(21,22)23)4-5-10(11)20/h4-5,8,12H,6-7H2,1-3H3,(H,24,26). The van der Waals surface area contributed by atoms with E-state index < -0.39 is 38.7 Å². The van der Waals surface area contributed by atoms with Gasteiger partial charge in [-0.25, -0.2) is 0 Å². The van der Waals surface area contributed by atoms with E-state index in [1.54, 1.807) is 0 Å². The molecule has 2 bridgehead atoms. The number of ketones is 1. The molecule has 26 heavy (non-hydrogen) atoms. The second kappa shape index (κ2) is 5.71. The quantitative estimate of drug-likeness (QED) is 0.606. The van der Waals surface area contributed by atoms with Gasteiger partial charge in [-0.3, -0.25) is 9.59 Å². The van der Waals surface area contributed by atoms with E-state index in [1.165, 1.54) is 0 Å². The summed E-state index contributed by atoms with van der Waals surface area (Å²) in [6.45, 7) is 5.59. The Morgan fingerprint density at radius 2 is 1.88 bits per heavy atom. The molecule has 2 fully saturated rings. The molecule has 1 N–H and O–H groups in total. The maximum absolute atomic E-state index is 13.2. The van der Waals surface area contributed by atoms with Crippen molar-refractivity contribution >= 4 is 44.9 Å². The first-order chi connectivity index (χ1) is 11.8. The molecule has 1 aromatic rings. The van der Waals surface area contributed by atoms with E-state index in [9.17, 15) is 22.8 Å². The van der Waals surface area contributed by atoms with Gasteiger partial charge >= 0.3 is 6.18 Å². The van der Waals surface area contributed by atoms with E-state index in [1.807, 2.05) is 20.8 Å². The number of rotatable bonds is 2. The Bertz CT molecular complexity index is 810. The Balaban J connectivity index is 2.00. The van der Waals surface area contributed by atoms with E-state index in [2.05, 4.69) is 21.2 Å². The van der Waals surface area contributed by atoms with Crippen LogP contribution >= 0.6 is 27.5 Å². The molecule has 3 nitrogen and oxygen atoms in total. The molecule has 1 aromatic carbocycles. The number of carbonyl (C=O) groups is 2. The number of halogens is 5. The fraction of sp³-hybridized carbons (Fsp3) is 0.556. The van der Waals surface area contributed by atoms with Crippen molar-refractivity contribution < 1.29 is 22.8 Å². The first-order valence-corrected chi connectivity index (χ1v) is 9.45. The number of alkyl halides is 4. The third-order valence-electron chi connectivity index (χ3n) is 6.67. The van der Waals surface area contributed by atoms with E-state index in [-0.39, 0.29) is 16.5 Å². The van der Waals surface area contributed by atoms with Gasteiger partial charge in [0.2, 0.25) is 5.91 Å². The van der Waals surface area contributed by atoms with Crippen molar-refractivity contribution in [1.82, 2.24) is 0 Å². The molecule has 3 rings (SSSR count). The number of Topliss-reactive ketones (excluding diaryl/α,β-unsaturated/α-hetero) is 1. The van der Waals surface area contributed by atoms with Gasteiger partial charge in [0.15, 0.2) is 5.78 Å². The largest absolute Gasteiger partial charge is 0.416 e. The average Bonchev–Trinajstić information content (AvgIpc) is 2.80. The van der Waals surface area contributed by atoms with Gasteiger partial charge < -0.3 is 5.32 Å². The first-order valence-electron chi connectivity index (χ1n) is 8.15. The molecule has 0 saturated heterocycles. The molecule has 142 valence electrons. The zero-order chi connectivity index (χ0) is 19.7. The number of anilines is 1. The van der Waals surface area contributed by atoms with Gasteiger partial charge in [-0.05, 0) is 36.5 Å². The molecule has 0 heterocycles. The van der Waals surface area contributed by atoms with E-state index in [0.717, 1.165) is 18.2 Å². The molecule has 3 atom stereocenters. The second-order valence-electron chi connectivity index (χ2n) is 7.80. The predicted molar refractivity (Wildman–Crippen MR) is 96.4 cm³/mol. The topological polar surface area (TPSA) is 46.2 Å². The molecule has 0 spiro atoms. The van der Waals surface area contributed by atoms with Gasteiger partial charge in [-0.2, -0.15) is 13.2 Å². The molecule has 1 amide bonds. The van der Waals surface area contributed by atoms with Crippen LogP contribution in [0.25, 0.3) is 0 Å². The number of benzene rings is 1. The number of amides is 1. The molecule has 2 aliphatic carbocycles. The van der Waals surface area contributed by atoms with Crippen molar-refractivity contribution in [2.24, 2.45) is 16.2 Å². The molecule has 0 aliphatic heterocycles. The molecule has 2 aliphatic rings. The third-order valence-corrected chi connectivity index (χ3v) is 8.19. The molecule has 3 unspecified atom stereocenters. The summed E-state index contributed by atoms with van der Waals surface area (Å²) in [6, 6.07) is 2.78. The molecular formula is C18H18BrClF3NO2. The van der Waals surface area contributed by atoms with Gasteiger partial charge in [-0.1, -0.05) is 48.3 Å². The minimum atomic E-state index is -4.55. The van der Waals surface area contributed by atoms with Crippen LogP contribution in [0.5, 0.6) is 0 Å². The Morgan fingerprint density at radius 1 is 1.27 bits per heavy atom. The Hall–Kier alpha value is -1.08. The predicted octanol–water partition coefficient (Wildman–Crippen LogP) is 5.46. The van der Waals surface area contributed by atoms with Gasteiger partial charge in [0, 0.05) is 5.41 Å². The van der Waals surface area contributed by atoms with Gasteiger partial charge in [0.1, 0.15) is 0 Å². The highest BCUT2D eigenvalue weighted by molar-refractivity contribution is 9.10. The first kappa shape index (κ1) is 19.7. The van der Waals surface area contributed by atoms with Crippen molar-refractivity contribution in [3.05, 3.63) is 28.8 Å². The van der Waals surface area contributed by atoms with E-state index in [0.29, 0.717) is 12.8 Å². The summed E-state index contributed by atoms with van der Waals surface area (Å²) in [4.78, 5) is 25.2. The lowest BCUT2D eigenvalue weighted by molar-refractivity contribution is -0.137. The van der Waals surface area contributed by atoms with Crippen molar-refractivity contribution in [2.75, 3.05) is 5.32 Å². The summed E-state index contributed by atoms with van der Waals surface area (Å²) in [6.07, 6.45) is -3.51. The zero-order valence-corrected chi connectivity index (χ0v) is 16.8. The smallest absolute Gasteiger partial charge is 0.324 e. The van der Waals surface area contributed by atoms with Gasteiger partial charge in [0.05, 0.1) is 26.5 Å². The van der Waals surface area contributed by atoms with Crippen LogP contribution in [-0.2, 0) is 15.8 Å². The monoisotopic (exact) mass is 451 g/mol. The highest BCUT2D eigenvalue weighted by atomic mass is 79.9. The van der Waals surface area contributed by atoms with Crippen LogP contribution in [0.2, 0.25) is 5.02 Å². The molecule has 0 radical (unpaired) electrons. The summed E-state index contributed by atoms with van der Waals surface area (Å²) >= 11 is 9.38. The summed E-state index contributed by atoms with van der Waals surface area (Å²) in [5.41, 5.74) is -3.36. The Morgan fingerprint density at radius 3 is 2.38 bits per heavy atom. The number of hydrogen-bond acceptors (Lipinski definition) is 2. The fourth-order valence-corrected chi connectivity index (χ4v) is 6.17. The van der Waals surface area contributed by atoms with Crippen molar-refractivity contribution in [3.8, 4) is 0 Å². The number of carbonyl (C=O) groups excluding carboxylic acids is 2. The SMILES string of the molecule is CC12CCC(C(=O)Nc3cc(C(F)(F)F)ccc3Cl)(C(Br)C1=O)C2(C)C. The summed E-state index contributed by atoms with van der Waals surface area (Å²) in [5.74, 6) is -0.529. The summed E-state index contributed by atoms with van der Waals surface area (Å²) < 4.78 is 38.9. The van der Waals surface area contributed by atoms with Crippen LogP contribution in [0.3, 0.4) is 0 Å². The molecular weight excluding hydrogens is 435 g/mol. The normalized spacial score (nSPS) is 32.8. The third kappa shape index (κ3) is 2.32. The van der Waals surface area contributed by atoms with Crippen LogP contribution in [0.4, 0.5) is 18.9 Å². The molecule has 0 aromatic heterocycles. The lowest BCUT2D eigenvalue weighted by Gasteiger charge is -2.39. The van der Waals surface area contributed by atoms with Crippen molar-refractivity contribution in [2.45, 2.75) is 44.6 Å². The summed E-state index contributed by atoms with van der Waals surface area (Å²) in [7, 11) is 0. The lowest BCUT2D eigenvalue weighted by atomic mass is 9.64. The minimum absolute atomic E-state index is 0.0109. The summed E-state index contributed by atoms with van der Waals surface area (Å²) in [5, 5.41) is 2.56. The minimum Gasteiger partial charge on any atom is -0.324 e. The highest BCUT2D eigenvalue weighted by Crippen LogP contribution is 2.72. The number of fused-ring (bicyclic) bond motifs is 2. The number of nitrogens with one attached hydrogen (secondary N) is 1. The van der Waals surface area contributed by atoms with Gasteiger partial charge in [0.25, 0.3) is 0 Å². The highest BCUT2D eigenvalue weighted by Gasteiger charge is 2.76. The van der Waals surface area contributed by atoms with Gasteiger partial charge in [-0.15, -0.1) is 0 Å². The van der Waals surface area contributed by atoms with Crippen LogP contribution in [0.1, 0.15) is 39.2 Å². The Labute approximate surface area is 162 Å². The van der Waals surface area contributed by atoms with Crippen LogP contribution in [0.15, 0.2) is 18.2 Å². The zero-order valence-electron chi connectivity index (χ0n) is 14.4. The van der Waals surface area contributed by atoms with Crippen LogP contribution in [-0.4, -0.2) is 16.5 Å². The number of hydrogen-bond donors (Lipinski definition) is 1. The fourth-order valence-electron chi connectivity index (χ4n) is 4.49. The maximum Gasteiger partial charge on any atom is 0.416 e. The van der Waals surface area contributed by atoms with Crippen molar-refractivity contribution in [3.63, 3.8) is 0 Å². The second-order valence-corrected chi connectivity index (χ2v) is 9.12. The van der Waals surface area contributed by atoms with E-state index in [4.69, 9.17) is 11.6 Å². The van der Waals surface area contributed by atoms with Crippen molar-refractivity contribution in [1.29, 1.82) is 0 Å². The maximum atomic E-state index is 13.2. The van der Waals surface area contributed by atoms with Crippen LogP contribution in [0, 0.1) is 16.2 Å². The molecule has 2 saturated carbocycles. The van der Waals surface area contributed by atoms with E-state index >= 15 is 0 Å².